The summed E-state index contributed by atoms with van der Waals surface area (Å²) >= 11 is 0. The predicted octanol–water partition coefficient (Wildman–Crippen LogP) is 2.62. The van der Waals surface area contributed by atoms with Crippen LogP contribution < -0.4 is 0 Å². The lowest BCUT2D eigenvalue weighted by molar-refractivity contribution is 0.00621. The third-order valence-electron chi connectivity index (χ3n) is 9.43. The van der Waals surface area contributed by atoms with Crippen LogP contribution in [0, 0.1) is 59.2 Å². The van der Waals surface area contributed by atoms with Crippen molar-refractivity contribution in [1.82, 2.24) is 0 Å². The number of hydrogen-bond acceptors (Lipinski definition) is 2. The van der Waals surface area contributed by atoms with Crippen molar-refractivity contribution >= 4 is 0 Å². The first-order chi connectivity index (χ1) is 10.5. The molecule has 2 N–H and O–H groups in total. The van der Waals surface area contributed by atoms with Crippen LogP contribution in [-0.4, -0.2) is 21.4 Å². The Hall–Kier alpha value is -0.600. The van der Waals surface area contributed by atoms with Gasteiger partial charge in [0.15, 0.2) is 0 Å². The molecule has 6 aliphatic carbocycles. The molecule has 12 atom stereocenters. The van der Waals surface area contributed by atoms with Crippen LogP contribution in [0.4, 0.5) is 0 Å². The van der Waals surface area contributed by atoms with E-state index in [4.69, 9.17) is 0 Å². The van der Waals surface area contributed by atoms with Crippen molar-refractivity contribution in [1.29, 1.82) is 0 Å². The van der Waals surface area contributed by atoms with Gasteiger partial charge in [0.2, 0.25) is 0 Å². The van der Waals surface area contributed by atoms with E-state index in [1.165, 1.54) is 12.8 Å². The van der Waals surface area contributed by atoms with Gasteiger partial charge in [0.1, 0.15) is 0 Å². The molecule has 0 saturated heterocycles. The summed E-state index contributed by atoms with van der Waals surface area (Å²) < 4.78 is 0. The van der Waals surface area contributed by atoms with E-state index in [0.29, 0.717) is 35.5 Å². The fraction of sp³-hybridized carbons (Fsp3) is 0.800. The van der Waals surface area contributed by atoms with E-state index in [-0.39, 0.29) is 0 Å². The molecule has 0 radical (unpaired) electrons. The van der Waals surface area contributed by atoms with Crippen LogP contribution in [0.2, 0.25) is 0 Å². The van der Waals surface area contributed by atoms with E-state index in [1.54, 1.807) is 0 Å². The molecule has 0 amide bonds. The molecule has 0 spiro atoms. The summed E-state index contributed by atoms with van der Waals surface area (Å²) in [6, 6.07) is 0. The van der Waals surface area contributed by atoms with Gasteiger partial charge in [-0.05, 0) is 84.9 Å². The Balaban J connectivity index is 1.57. The van der Waals surface area contributed by atoms with Crippen molar-refractivity contribution in [2.24, 2.45) is 59.2 Å². The lowest BCUT2D eigenvalue weighted by Crippen LogP contribution is -2.38. The molecule has 0 aromatic carbocycles. The fourth-order valence-corrected chi connectivity index (χ4v) is 9.44. The Bertz CT molecular complexity index is 549. The maximum Gasteiger partial charge on any atom is 0.0861 e. The average Bonchev–Trinajstić information content (AvgIpc) is 3.23. The zero-order valence-corrected chi connectivity index (χ0v) is 13.1. The van der Waals surface area contributed by atoms with Crippen LogP contribution in [0.3, 0.4) is 0 Å². The number of hydrogen-bond donors (Lipinski definition) is 2. The minimum atomic E-state index is -0.630. The highest BCUT2D eigenvalue weighted by Gasteiger charge is 2.80. The molecule has 6 saturated carbocycles. The third-order valence-corrected chi connectivity index (χ3v) is 9.43. The summed E-state index contributed by atoms with van der Waals surface area (Å²) in [5.74, 6) is 6.54. The van der Waals surface area contributed by atoms with Gasteiger partial charge in [-0.15, -0.1) is 13.2 Å². The van der Waals surface area contributed by atoms with E-state index in [9.17, 15) is 10.2 Å². The van der Waals surface area contributed by atoms with E-state index in [0.717, 1.165) is 36.5 Å². The molecular formula is C20H26O2. The van der Waals surface area contributed by atoms with Crippen molar-refractivity contribution in [3.63, 3.8) is 0 Å². The Morgan fingerprint density at radius 1 is 0.682 bits per heavy atom. The highest BCUT2D eigenvalue weighted by molar-refractivity contribution is 5.32. The van der Waals surface area contributed by atoms with E-state index in [1.807, 2.05) is 12.2 Å². The van der Waals surface area contributed by atoms with Gasteiger partial charge in [0.05, 0.1) is 11.2 Å². The molecule has 0 aliphatic heterocycles. The second-order valence-electron chi connectivity index (χ2n) is 9.39. The Morgan fingerprint density at radius 3 is 1.55 bits per heavy atom. The van der Waals surface area contributed by atoms with Crippen LogP contribution in [0.5, 0.6) is 0 Å². The van der Waals surface area contributed by atoms with Gasteiger partial charge in [0, 0.05) is 0 Å². The zero-order valence-electron chi connectivity index (χ0n) is 13.1. The van der Waals surface area contributed by atoms with E-state index in [2.05, 4.69) is 13.2 Å². The highest BCUT2D eigenvalue weighted by atomic mass is 16.3. The van der Waals surface area contributed by atoms with Crippen LogP contribution in [0.25, 0.3) is 0 Å². The SMILES string of the molecule is C=C[C@@]1(O)C[C@H]2[C@H]3C[C@@](O)(C=C)[C@@H]4[C@H]3C3C5[C@@H](CC[C@H]54)[C@@H]1[C@@H]32. The molecule has 2 heteroatoms. The number of rotatable bonds is 2. The highest BCUT2D eigenvalue weighted by Crippen LogP contribution is 2.82. The van der Waals surface area contributed by atoms with E-state index < -0.39 is 11.2 Å². The standard InChI is InChI=1S/C20H26O2/c1-3-19(21)7-11-12-8-20(22,4-2)18-10-6-5-9-13(10)16(15(12)18)14(11)17(9)19/h3-4,9-18,21-22H,1-2,5-8H2/t9-,10-,11-,12+,13?,14-,15-,16?,17+,18-,19+,20-/m1/s1. The first kappa shape index (κ1) is 12.8. The second kappa shape index (κ2) is 3.42. The fourth-order valence-electron chi connectivity index (χ4n) is 9.44. The minimum absolute atomic E-state index is 0.471. The molecular weight excluding hydrogens is 272 g/mol. The molecule has 0 aromatic rings. The van der Waals surface area contributed by atoms with Crippen LogP contribution in [0.15, 0.2) is 25.3 Å². The monoisotopic (exact) mass is 298 g/mol. The normalized spacial score (nSPS) is 72.1. The van der Waals surface area contributed by atoms with Crippen LogP contribution in [-0.2, 0) is 0 Å². The van der Waals surface area contributed by atoms with Gasteiger partial charge in [-0.3, -0.25) is 0 Å². The first-order valence-corrected chi connectivity index (χ1v) is 9.26. The number of fused-ring (bicyclic) bond motifs is 3. The lowest BCUT2D eigenvalue weighted by Gasteiger charge is -2.33. The largest absolute Gasteiger partial charge is 0.385 e. The Morgan fingerprint density at radius 2 is 1.14 bits per heavy atom. The predicted molar refractivity (Wildman–Crippen MR) is 83.7 cm³/mol. The Labute approximate surface area is 132 Å². The summed E-state index contributed by atoms with van der Waals surface area (Å²) in [4.78, 5) is 0. The maximum atomic E-state index is 11.3. The summed E-state index contributed by atoms with van der Waals surface area (Å²) in [6.45, 7) is 7.99. The van der Waals surface area contributed by atoms with Crippen molar-refractivity contribution in [2.45, 2.75) is 36.9 Å². The summed E-state index contributed by atoms with van der Waals surface area (Å²) in [5, 5.41) is 22.5. The third kappa shape index (κ3) is 1.02. The van der Waals surface area contributed by atoms with Crippen LogP contribution in [0.1, 0.15) is 25.7 Å². The van der Waals surface area contributed by atoms with Crippen LogP contribution >= 0.6 is 0 Å². The number of aliphatic hydroxyl groups is 2. The topological polar surface area (TPSA) is 40.5 Å². The zero-order chi connectivity index (χ0) is 15.0. The maximum absolute atomic E-state index is 11.3. The van der Waals surface area contributed by atoms with Gasteiger partial charge >= 0.3 is 0 Å². The molecule has 2 nitrogen and oxygen atoms in total. The molecule has 0 aromatic heterocycles. The Kier molecular flexibility index (Phi) is 1.98. The summed E-state index contributed by atoms with van der Waals surface area (Å²) in [7, 11) is 0. The molecule has 6 rings (SSSR count). The smallest absolute Gasteiger partial charge is 0.0861 e. The summed E-state index contributed by atoms with van der Waals surface area (Å²) in [5.41, 5.74) is -1.26. The van der Waals surface area contributed by atoms with Gasteiger partial charge in [-0.25, -0.2) is 0 Å². The quantitative estimate of drug-likeness (QED) is 0.769. The van der Waals surface area contributed by atoms with Gasteiger partial charge in [0.25, 0.3) is 0 Å². The average molecular weight is 298 g/mol. The minimum Gasteiger partial charge on any atom is -0.385 e. The van der Waals surface area contributed by atoms with Gasteiger partial charge in [-0.1, -0.05) is 12.2 Å². The van der Waals surface area contributed by atoms with Crippen molar-refractivity contribution in [3.8, 4) is 0 Å². The molecule has 6 aliphatic rings. The first-order valence-electron chi connectivity index (χ1n) is 9.26. The molecule has 2 unspecified atom stereocenters. The second-order valence-corrected chi connectivity index (χ2v) is 9.39. The van der Waals surface area contributed by atoms with Crippen molar-refractivity contribution in [2.75, 3.05) is 0 Å². The lowest BCUT2D eigenvalue weighted by atomic mass is 9.76. The molecule has 22 heavy (non-hydrogen) atoms. The molecule has 0 heterocycles. The molecule has 0 bridgehead atoms. The van der Waals surface area contributed by atoms with Gasteiger partial charge < -0.3 is 10.2 Å². The molecule has 6 fully saturated rings. The van der Waals surface area contributed by atoms with Crippen molar-refractivity contribution < 1.29 is 10.2 Å². The van der Waals surface area contributed by atoms with Gasteiger partial charge in [-0.2, -0.15) is 0 Å². The van der Waals surface area contributed by atoms with E-state index >= 15 is 0 Å². The molecule has 118 valence electrons. The van der Waals surface area contributed by atoms with Crippen molar-refractivity contribution in [3.05, 3.63) is 25.3 Å². The summed E-state index contributed by atoms with van der Waals surface area (Å²) in [6.07, 6.45) is 8.06.